The van der Waals surface area contributed by atoms with Gasteiger partial charge in [-0.25, -0.2) is 4.79 Å². The van der Waals surface area contributed by atoms with Crippen LogP contribution in [0.3, 0.4) is 0 Å². The zero-order valence-corrected chi connectivity index (χ0v) is 21.4. The Morgan fingerprint density at radius 2 is 2.00 bits per heavy atom. The van der Waals surface area contributed by atoms with E-state index in [2.05, 4.69) is 0 Å². The van der Waals surface area contributed by atoms with Crippen LogP contribution in [-0.2, 0) is 17.8 Å². The Labute approximate surface area is 215 Å². The van der Waals surface area contributed by atoms with Gasteiger partial charge >= 0.3 is 5.63 Å². The summed E-state index contributed by atoms with van der Waals surface area (Å²) in [6, 6.07) is 12.9. The number of fused-ring (bicyclic) bond motifs is 2. The summed E-state index contributed by atoms with van der Waals surface area (Å²) in [6.07, 6.45) is 5.22. The van der Waals surface area contributed by atoms with E-state index >= 15 is 0 Å². The molecule has 1 saturated carbocycles. The number of nitrogens with zero attached hydrogens (tertiary/aromatic N) is 1. The molecule has 6 nitrogen and oxygen atoms in total. The van der Waals surface area contributed by atoms with Crippen molar-refractivity contribution in [2.24, 2.45) is 5.92 Å². The van der Waals surface area contributed by atoms with Gasteiger partial charge < -0.3 is 19.2 Å². The lowest BCUT2D eigenvalue weighted by atomic mass is 9.71. The van der Waals surface area contributed by atoms with Crippen LogP contribution in [0.4, 0.5) is 0 Å². The van der Waals surface area contributed by atoms with Crippen molar-refractivity contribution in [3.8, 4) is 5.75 Å². The first-order valence-corrected chi connectivity index (χ1v) is 13.1. The summed E-state index contributed by atoms with van der Waals surface area (Å²) in [4.78, 5) is 27.7. The zero-order chi connectivity index (χ0) is 25.3. The summed E-state index contributed by atoms with van der Waals surface area (Å²) in [5.74, 6) is 0.802. The predicted octanol–water partition coefficient (Wildman–Crippen LogP) is 5.42. The number of carbonyl (C=O) groups is 1. The predicted molar refractivity (Wildman–Crippen MR) is 139 cm³/mol. The largest absolute Gasteiger partial charge is 0.489 e. The van der Waals surface area contributed by atoms with Crippen LogP contribution in [-0.4, -0.2) is 34.6 Å². The number of aryl methyl sites for hydroxylation is 1. The van der Waals surface area contributed by atoms with Gasteiger partial charge in [0.25, 0.3) is 0 Å². The molecule has 0 radical (unpaired) electrons. The van der Waals surface area contributed by atoms with Crippen LogP contribution in [0.15, 0.2) is 51.7 Å². The van der Waals surface area contributed by atoms with Crippen LogP contribution in [0.1, 0.15) is 55.2 Å². The molecule has 1 saturated heterocycles. The van der Waals surface area contributed by atoms with E-state index in [1.54, 1.807) is 6.07 Å². The number of halogens is 1. The number of benzene rings is 2. The summed E-state index contributed by atoms with van der Waals surface area (Å²) < 4.78 is 11.5. The third-order valence-electron chi connectivity index (χ3n) is 7.95. The molecule has 1 amide bonds. The molecule has 2 heterocycles. The number of likely N-dealkylation sites (tertiary alicyclic amines) is 1. The average Bonchev–Trinajstić information content (AvgIpc) is 2.87. The maximum atomic E-state index is 13.0. The third kappa shape index (κ3) is 5.16. The van der Waals surface area contributed by atoms with Crippen LogP contribution < -0.4 is 10.4 Å². The van der Waals surface area contributed by atoms with Crippen LogP contribution in [0.5, 0.6) is 5.75 Å². The molecule has 2 aromatic carbocycles. The van der Waals surface area contributed by atoms with Gasteiger partial charge in [0.2, 0.25) is 5.91 Å². The van der Waals surface area contributed by atoms with Gasteiger partial charge in [-0.15, -0.1) is 0 Å². The standard InChI is InChI=1S/C29H32ClNO5/c1-19-24-10-9-23(35-18-20-5-7-22(30)8-6-20)16-26(24)36-28(33)25(19)11-12-27(32)31-15-14-29(34)13-3-2-4-21(29)17-31/h5-10,16,21,34H,2-4,11-15,17-18H2,1H3/t21-,29-/m1/s1. The minimum Gasteiger partial charge on any atom is -0.489 e. The summed E-state index contributed by atoms with van der Waals surface area (Å²) in [7, 11) is 0. The van der Waals surface area contributed by atoms with Gasteiger partial charge in [0.1, 0.15) is 17.9 Å². The van der Waals surface area contributed by atoms with Crippen LogP contribution in [0.2, 0.25) is 5.02 Å². The molecule has 36 heavy (non-hydrogen) atoms. The van der Waals surface area contributed by atoms with E-state index in [0.29, 0.717) is 54.5 Å². The monoisotopic (exact) mass is 509 g/mol. The molecule has 0 bridgehead atoms. The highest BCUT2D eigenvalue weighted by Gasteiger charge is 2.43. The molecule has 5 rings (SSSR count). The lowest BCUT2D eigenvalue weighted by molar-refractivity contribution is -0.143. The summed E-state index contributed by atoms with van der Waals surface area (Å²) >= 11 is 5.93. The smallest absolute Gasteiger partial charge is 0.339 e. The van der Waals surface area contributed by atoms with E-state index < -0.39 is 11.2 Å². The van der Waals surface area contributed by atoms with E-state index in [4.69, 9.17) is 20.8 Å². The maximum Gasteiger partial charge on any atom is 0.339 e. The minimum absolute atomic E-state index is 0.0347. The Hall–Kier alpha value is -2.83. The maximum absolute atomic E-state index is 13.0. The molecule has 1 aliphatic heterocycles. The highest BCUT2D eigenvalue weighted by molar-refractivity contribution is 6.30. The quantitative estimate of drug-likeness (QED) is 0.449. The van der Waals surface area contributed by atoms with Crippen molar-refractivity contribution in [1.29, 1.82) is 0 Å². The molecule has 0 spiro atoms. The second kappa shape index (κ2) is 10.3. The van der Waals surface area contributed by atoms with Gasteiger partial charge in [0, 0.05) is 47.5 Å². The normalized spacial score (nSPS) is 21.9. The van der Waals surface area contributed by atoms with Crippen molar-refractivity contribution in [3.05, 3.63) is 74.6 Å². The van der Waals surface area contributed by atoms with Gasteiger partial charge in [0.15, 0.2) is 0 Å². The molecule has 2 aliphatic rings. The Morgan fingerprint density at radius 3 is 2.81 bits per heavy atom. The molecule has 3 aromatic rings. The SMILES string of the molecule is Cc1c(CCC(=O)N2CC[C@]3(O)CCCC[C@@H]3C2)c(=O)oc2cc(OCc3ccc(Cl)cc3)ccc12. The number of hydrogen-bond acceptors (Lipinski definition) is 5. The zero-order valence-electron chi connectivity index (χ0n) is 20.6. The first-order chi connectivity index (χ1) is 17.3. The molecular formula is C29H32ClNO5. The Morgan fingerprint density at radius 1 is 1.19 bits per heavy atom. The Balaban J connectivity index is 1.25. The molecular weight excluding hydrogens is 478 g/mol. The Bertz CT molecular complexity index is 1320. The summed E-state index contributed by atoms with van der Waals surface area (Å²) in [6.45, 7) is 3.46. The highest BCUT2D eigenvalue weighted by Crippen LogP contribution is 2.40. The molecule has 2 fully saturated rings. The van der Waals surface area contributed by atoms with Crippen molar-refractivity contribution >= 4 is 28.5 Å². The van der Waals surface area contributed by atoms with Crippen molar-refractivity contribution in [1.82, 2.24) is 4.90 Å². The lowest BCUT2D eigenvalue weighted by Crippen LogP contribution is -2.54. The molecule has 0 unspecified atom stereocenters. The fraction of sp³-hybridized carbons (Fsp3) is 0.448. The minimum atomic E-state index is -0.609. The third-order valence-corrected chi connectivity index (χ3v) is 8.20. The number of carbonyl (C=O) groups excluding carboxylic acids is 1. The van der Waals surface area contributed by atoms with Crippen molar-refractivity contribution < 1.29 is 19.1 Å². The van der Waals surface area contributed by atoms with Crippen molar-refractivity contribution in [2.75, 3.05) is 13.1 Å². The van der Waals surface area contributed by atoms with E-state index in [0.717, 1.165) is 42.2 Å². The highest BCUT2D eigenvalue weighted by atomic mass is 35.5. The average molecular weight is 510 g/mol. The number of ether oxygens (including phenoxy) is 1. The second-order valence-electron chi connectivity index (χ2n) is 10.2. The lowest BCUT2D eigenvalue weighted by Gasteiger charge is -2.47. The number of hydrogen-bond donors (Lipinski definition) is 1. The van der Waals surface area contributed by atoms with E-state index in [-0.39, 0.29) is 18.2 Å². The van der Waals surface area contributed by atoms with E-state index in [1.807, 2.05) is 48.2 Å². The first-order valence-electron chi connectivity index (χ1n) is 12.8. The number of rotatable bonds is 6. The molecule has 7 heteroatoms. The number of piperidine rings is 1. The van der Waals surface area contributed by atoms with Crippen LogP contribution in [0.25, 0.3) is 11.0 Å². The summed E-state index contributed by atoms with van der Waals surface area (Å²) in [5.41, 5.74) is 1.80. The van der Waals surface area contributed by atoms with Gasteiger partial charge in [0.05, 0.1) is 5.60 Å². The van der Waals surface area contributed by atoms with Crippen LogP contribution in [0, 0.1) is 12.8 Å². The first kappa shape index (κ1) is 24.8. The molecule has 1 aliphatic carbocycles. The second-order valence-corrected chi connectivity index (χ2v) is 10.6. The topological polar surface area (TPSA) is 80.0 Å². The molecule has 1 N–H and O–H groups in total. The fourth-order valence-corrected chi connectivity index (χ4v) is 5.81. The van der Waals surface area contributed by atoms with Gasteiger partial charge in [-0.2, -0.15) is 0 Å². The fourth-order valence-electron chi connectivity index (χ4n) is 5.69. The van der Waals surface area contributed by atoms with Crippen LogP contribution >= 0.6 is 11.6 Å². The number of aliphatic hydroxyl groups is 1. The Kier molecular flexibility index (Phi) is 7.09. The van der Waals surface area contributed by atoms with Gasteiger partial charge in [-0.05, 0) is 68.0 Å². The van der Waals surface area contributed by atoms with Crippen molar-refractivity contribution in [2.45, 2.75) is 64.1 Å². The van der Waals surface area contributed by atoms with Gasteiger partial charge in [-0.3, -0.25) is 4.79 Å². The molecule has 1 aromatic heterocycles. The van der Waals surface area contributed by atoms with Crippen molar-refractivity contribution in [3.63, 3.8) is 0 Å². The number of amides is 1. The summed E-state index contributed by atoms with van der Waals surface area (Å²) in [5, 5.41) is 12.4. The van der Waals surface area contributed by atoms with E-state index in [1.165, 1.54) is 0 Å². The van der Waals surface area contributed by atoms with E-state index in [9.17, 15) is 14.7 Å². The molecule has 2 atom stereocenters. The van der Waals surface area contributed by atoms with Gasteiger partial charge in [-0.1, -0.05) is 36.6 Å². The molecule has 190 valence electrons.